The van der Waals surface area contributed by atoms with Crippen LogP contribution in [0.1, 0.15) is 5.56 Å². The van der Waals surface area contributed by atoms with Gasteiger partial charge in [-0.25, -0.2) is 0 Å². The highest BCUT2D eigenvalue weighted by atomic mass is 35.5. The highest BCUT2D eigenvalue weighted by Gasteiger charge is 2.09. The molecular weight excluding hydrogens is 309 g/mol. The van der Waals surface area contributed by atoms with E-state index in [4.69, 9.17) is 34.8 Å². The number of rotatable bonds is 3. The van der Waals surface area contributed by atoms with Crippen molar-refractivity contribution in [1.82, 2.24) is 0 Å². The van der Waals surface area contributed by atoms with Gasteiger partial charge in [-0.2, -0.15) is 0 Å². The van der Waals surface area contributed by atoms with Crippen molar-refractivity contribution in [2.24, 2.45) is 0 Å². The third-order valence-corrected chi connectivity index (χ3v) is 3.35. The summed E-state index contributed by atoms with van der Waals surface area (Å²) < 4.78 is 0. The van der Waals surface area contributed by atoms with Gasteiger partial charge in [-0.3, -0.25) is 0 Å². The average Bonchev–Trinajstić information content (AvgIpc) is 2.30. The Bertz CT molecular complexity index is 594. The van der Waals surface area contributed by atoms with Crippen LogP contribution < -0.4 is 5.32 Å². The van der Waals surface area contributed by atoms with E-state index in [2.05, 4.69) is 5.32 Å². The molecule has 100 valence electrons. The molecule has 0 heterocycles. The summed E-state index contributed by atoms with van der Waals surface area (Å²) >= 11 is 17.9. The molecule has 3 nitrogen and oxygen atoms in total. The summed E-state index contributed by atoms with van der Waals surface area (Å²) in [5.41, 5.74) is 1.15. The van der Waals surface area contributed by atoms with Crippen LogP contribution >= 0.6 is 34.8 Å². The van der Waals surface area contributed by atoms with Crippen LogP contribution in [0.15, 0.2) is 30.3 Å². The van der Waals surface area contributed by atoms with Crippen LogP contribution in [-0.4, -0.2) is 10.2 Å². The second kappa shape index (κ2) is 5.78. The molecule has 2 rings (SSSR count). The zero-order valence-electron chi connectivity index (χ0n) is 9.62. The van der Waals surface area contributed by atoms with E-state index in [9.17, 15) is 10.2 Å². The molecule has 0 radical (unpaired) electrons. The van der Waals surface area contributed by atoms with Gasteiger partial charge >= 0.3 is 0 Å². The molecule has 0 unspecified atom stereocenters. The van der Waals surface area contributed by atoms with Crippen LogP contribution in [0.5, 0.6) is 11.5 Å². The molecule has 6 heteroatoms. The second-order valence-corrected chi connectivity index (χ2v) is 5.16. The molecule has 2 aromatic rings. The first kappa shape index (κ1) is 14.1. The van der Waals surface area contributed by atoms with Gasteiger partial charge in [0, 0.05) is 23.2 Å². The van der Waals surface area contributed by atoms with Crippen LogP contribution in [-0.2, 0) is 6.54 Å². The molecule has 0 aromatic heterocycles. The maximum absolute atomic E-state index is 9.66. The van der Waals surface area contributed by atoms with Gasteiger partial charge in [0.1, 0.15) is 11.5 Å². The number of aromatic hydroxyl groups is 2. The minimum Gasteiger partial charge on any atom is -0.508 e. The van der Waals surface area contributed by atoms with Crippen LogP contribution in [0.2, 0.25) is 15.1 Å². The smallest absolute Gasteiger partial charge is 0.124 e. The Labute approximate surface area is 125 Å². The van der Waals surface area contributed by atoms with E-state index >= 15 is 0 Å². The molecule has 2 aromatic carbocycles. The fourth-order valence-corrected chi connectivity index (χ4v) is 2.55. The fraction of sp³-hybridized carbons (Fsp3) is 0.0769. The van der Waals surface area contributed by atoms with Crippen LogP contribution in [0, 0.1) is 0 Å². The van der Waals surface area contributed by atoms with E-state index in [1.165, 1.54) is 12.1 Å². The molecular formula is C13H10Cl3NO2. The third kappa shape index (κ3) is 3.38. The molecule has 0 spiro atoms. The third-order valence-electron chi connectivity index (χ3n) is 2.53. The lowest BCUT2D eigenvalue weighted by atomic mass is 10.2. The molecule has 0 atom stereocenters. The molecule has 0 aliphatic carbocycles. The monoisotopic (exact) mass is 317 g/mol. The van der Waals surface area contributed by atoms with E-state index in [0.717, 1.165) is 0 Å². The van der Waals surface area contributed by atoms with Crippen molar-refractivity contribution in [3.8, 4) is 11.5 Å². The fourth-order valence-electron chi connectivity index (χ4n) is 1.60. The molecule has 3 N–H and O–H groups in total. The normalized spacial score (nSPS) is 10.5. The molecule has 0 fully saturated rings. The van der Waals surface area contributed by atoms with Crippen LogP contribution in [0.3, 0.4) is 0 Å². The summed E-state index contributed by atoms with van der Waals surface area (Å²) in [5, 5.41) is 23.1. The minimum absolute atomic E-state index is 0.00353. The predicted molar refractivity (Wildman–Crippen MR) is 78.6 cm³/mol. The van der Waals surface area contributed by atoms with Crippen molar-refractivity contribution >= 4 is 40.5 Å². The Morgan fingerprint density at radius 2 is 1.58 bits per heavy atom. The summed E-state index contributed by atoms with van der Waals surface area (Å²) in [4.78, 5) is 0. The number of halogens is 3. The largest absolute Gasteiger partial charge is 0.508 e. The predicted octanol–water partition coefficient (Wildman–Crippen LogP) is 4.67. The number of hydrogen-bond acceptors (Lipinski definition) is 3. The first-order valence-corrected chi connectivity index (χ1v) is 6.50. The van der Waals surface area contributed by atoms with Gasteiger partial charge in [-0.05, 0) is 24.3 Å². The Morgan fingerprint density at radius 3 is 2.16 bits per heavy atom. The van der Waals surface area contributed by atoms with Gasteiger partial charge < -0.3 is 15.5 Å². The van der Waals surface area contributed by atoms with Gasteiger partial charge in [0.2, 0.25) is 0 Å². The van der Waals surface area contributed by atoms with E-state index in [1.807, 2.05) is 0 Å². The van der Waals surface area contributed by atoms with E-state index < -0.39 is 0 Å². The standard InChI is InChI=1S/C13H10Cl3NO2/c14-8-3-10(15)13(11(16)4-8)17-6-7-1-2-9(18)5-12(7)19/h1-5,17-19H,6H2. The Hall–Kier alpha value is -1.29. The molecule has 0 aliphatic heterocycles. The van der Waals surface area contributed by atoms with Crippen molar-refractivity contribution in [3.05, 3.63) is 51.0 Å². The molecule has 19 heavy (non-hydrogen) atoms. The van der Waals surface area contributed by atoms with Crippen LogP contribution in [0.4, 0.5) is 5.69 Å². The Morgan fingerprint density at radius 1 is 0.947 bits per heavy atom. The zero-order valence-corrected chi connectivity index (χ0v) is 11.9. The minimum atomic E-state index is -0.00583. The number of phenols is 2. The summed E-state index contributed by atoms with van der Waals surface area (Å²) in [6.45, 7) is 0.313. The quantitative estimate of drug-likeness (QED) is 0.771. The average molecular weight is 319 g/mol. The lowest BCUT2D eigenvalue weighted by Gasteiger charge is -2.12. The number of hydrogen-bond donors (Lipinski definition) is 3. The maximum Gasteiger partial charge on any atom is 0.124 e. The highest BCUT2D eigenvalue weighted by molar-refractivity contribution is 6.41. The topological polar surface area (TPSA) is 52.5 Å². The van der Waals surface area contributed by atoms with Gasteiger partial charge in [0.05, 0.1) is 15.7 Å². The van der Waals surface area contributed by atoms with Crippen molar-refractivity contribution in [2.45, 2.75) is 6.54 Å². The number of phenolic OH excluding ortho intramolecular Hbond substituents is 2. The second-order valence-electron chi connectivity index (χ2n) is 3.91. The Kier molecular flexibility index (Phi) is 4.30. The van der Waals surface area contributed by atoms with Gasteiger partial charge in [0.25, 0.3) is 0 Å². The van der Waals surface area contributed by atoms with E-state index in [-0.39, 0.29) is 11.5 Å². The molecule has 0 saturated carbocycles. The molecule has 0 amide bonds. The van der Waals surface area contributed by atoms with Gasteiger partial charge in [-0.1, -0.05) is 34.8 Å². The summed E-state index contributed by atoms with van der Waals surface area (Å²) in [6.07, 6.45) is 0. The van der Waals surface area contributed by atoms with Crippen molar-refractivity contribution < 1.29 is 10.2 Å². The zero-order chi connectivity index (χ0) is 14.0. The van der Waals surface area contributed by atoms with Crippen molar-refractivity contribution in [3.63, 3.8) is 0 Å². The molecule has 0 saturated heterocycles. The molecule has 0 aliphatic rings. The lowest BCUT2D eigenvalue weighted by molar-refractivity contribution is 0.446. The number of anilines is 1. The summed E-state index contributed by atoms with van der Waals surface area (Å²) in [6, 6.07) is 7.52. The summed E-state index contributed by atoms with van der Waals surface area (Å²) in [7, 11) is 0. The number of nitrogens with one attached hydrogen (secondary N) is 1. The molecule has 0 bridgehead atoms. The first-order chi connectivity index (χ1) is 8.97. The lowest BCUT2D eigenvalue weighted by Crippen LogP contribution is -2.01. The van der Waals surface area contributed by atoms with Crippen LogP contribution in [0.25, 0.3) is 0 Å². The van der Waals surface area contributed by atoms with Gasteiger partial charge in [0.15, 0.2) is 0 Å². The van der Waals surface area contributed by atoms with E-state index in [0.29, 0.717) is 32.9 Å². The van der Waals surface area contributed by atoms with Crippen molar-refractivity contribution in [1.29, 1.82) is 0 Å². The van der Waals surface area contributed by atoms with Crippen molar-refractivity contribution in [2.75, 3.05) is 5.32 Å². The Balaban J connectivity index is 2.19. The highest BCUT2D eigenvalue weighted by Crippen LogP contribution is 2.34. The first-order valence-electron chi connectivity index (χ1n) is 5.36. The summed E-state index contributed by atoms with van der Waals surface area (Å²) in [5.74, 6) is -0.00230. The number of benzene rings is 2. The SMILES string of the molecule is Oc1ccc(CNc2c(Cl)cc(Cl)cc2Cl)c(O)c1. The van der Waals surface area contributed by atoms with E-state index in [1.54, 1.807) is 18.2 Å². The van der Waals surface area contributed by atoms with Gasteiger partial charge in [-0.15, -0.1) is 0 Å². The maximum atomic E-state index is 9.66.